The van der Waals surface area contributed by atoms with Gasteiger partial charge in [-0.2, -0.15) is 13.2 Å². The lowest BCUT2D eigenvalue weighted by Crippen LogP contribution is -2.69. The van der Waals surface area contributed by atoms with Crippen LogP contribution in [0.5, 0.6) is 0 Å². The van der Waals surface area contributed by atoms with Crippen LogP contribution in [-0.4, -0.2) is 35.4 Å². The number of hydrogen-bond donors (Lipinski definition) is 2. The number of hydrogen-bond acceptors (Lipinski definition) is 4. The third-order valence-electron chi connectivity index (χ3n) is 5.00. The molecule has 0 fully saturated rings. The van der Waals surface area contributed by atoms with Gasteiger partial charge in [-0.05, 0) is 42.7 Å². The third-order valence-corrected chi connectivity index (χ3v) is 5.53. The van der Waals surface area contributed by atoms with Crippen molar-refractivity contribution >= 4 is 33.5 Å². The summed E-state index contributed by atoms with van der Waals surface area (Å²) in [6.07, 6.45) is -6.05. The minimum Gasteiger partial charge on any atom is -0.464 e. The molecular formula is C20H17BrF3NO4. The SMILES string of the molecule is CCOC(=O)[C@@](O)(C(F)(F)F)[C@]1(Cc2ccc(Br)cc2)C(=O)Nc2ccccc21. The van der Waals surface area contributed by atoms with E-state index in [0.717, 1.165) is 0 Å². The quantitative estimate of drug-likeness (QED) is 0.651. The second-order valence-electron chi connectivity index (χ2n) is 6.64. The Morgan fingerprint density at radius 1 is 1.17 bits per heavy atom. The van der Waals surface area contributed by atoms with Crippen molar-refractivity contribution in [1.29, 1.82) is 0 Å². The summed E-state index contributed by atoms with van der Waals surface area (Å²) >= 11 is 3.24. The van der Waals surface area contributed by atoms with E-state index in [0.29, 0.717) is 10.0 Å². The van der Waals surface area contributed by atoms with E-state index >= 15 is 0 Å². The average Bonchev–Trinajstić information content (AvgIpc) is 2.95. The number of alkyl halides is 3. The molecule has 0 saturated heterocycles. The molecule has 29 heavy (non-hydrogen) atoms. The van der Waals surface area contributed by atoms with Gasteiger partial charge in [0.15, 0.2) is 0 Å². The Labute approximate surface area is 173 Å². The summed E-state index contributed by atoms with van der Waals surface area (Å²) in [4.78, 5) is 25.6. The molecule has 2 aromatic rings. The van der Waals surface area contributed by atoms with E-state index < -0.39 is 42.1 Å². The van der Waals surface area contributed by atoms with Crippen LogP contribution < -0.4 is 5.32 Å². The number of amides is 1. The lowest BCUT2D eigenvalue weighted by molar-refractivity contribution is -0.280. The maximum Gasteiger partial charge on any atom is 0.429 e. The molecule has 1 heterocycles. The van der Waals surface area contributed by atoms with Gasteiger partial charge in [-0.25, -0.2) is 4.79 Å². The van der Waals surface area contributed by atoms with Crippen LogP contribution in [0.25, 0.3) is 0 Å². The van der Waals surface area contributed by atoms with Gasteiger partial charge in [-0.15, -0.1) is 0 Å². The first-order chi connectivity index (χ1) is 13.6. The van der Waals surface area contributed by atoms with E-state index in [1.165, 1.54) is 43.3 Å². The number of benzene rings is 2. The first kappa shape index (κ1) is 21.3. The molecule has 9 heteroatoms. The van der Waals surface area contributed by atoms with Crippen molar-refractivity contribution in [1.82, 2.24) is 0 Å². The fourth-order valence-electron chi connectivity index (χ4n) is 3.65. The number of nitrogens with one attached hydrogen (secondary N) is 1. The third kappa shape index (κ3) is 3.22. The maximum atomic E-state index is 14.3. The summed E-state index contributed by atoms with van der Waals surface area (Å²) in [7, 11) is 0. The van der Waals surface area contributed by atoms with Gasteiger partial charge in [-0.3, -0.25) is 4.79 Å². The number of carbonyl (C=O) groups is 2. The highest BCUT2D eigenvalue weighted by atomic mass is 79.9. The highest BCUT2D eigenvalue weighted by Gasteiger charge is 2.77. The van der Waals surface area contributed by atoms with Crippen LogP contribution >= 0.6 is 15.9 Å². The van der Waals surface area contributed by atoms with Crippen LogP contribution in [0.2, 0.25) is 0 Å². The summed E-state index contributed by atoms with van der Waals surface area (Å²) in [6.45, 7) is 0.924. The lowest BCUT2D eigenvalue weighted by atomic mass is 9.63. The van der Waals surface area contributed by atoms with Crippen LogP contribution in [0.1, 0.15) is 18.1 Å². The van der Waals surface area contributed by atoms with E-state index in [9.17, 15) is 27.9 Å². The lowest BCUT2D eigenvalue weighted by Gasteiger charge is -2.42. The summed E-state index contributed by atoms with van der Waals surface area (Å²) in [5.74, 6) is -3.05. The van der Waals surface area contributed by atoms with Crippen molar-refractivity contribution in [2.75, 3.05) is 11.9 Å². The summed E-state index contributed by atoms with van der Waals surface area (Å²) in [5.41, 5.74) is -6.46. The van der Waals surface area contributed by atoms with Crippen LogP contribution in [-0.2, 0) is 26.2 Å². The molecule has 0 aromatic heterocycles. The Hall–Kier alpha value is -2.39. The highest BCUT2D eigenvalue weighted by Crippen LogP contribution is 2.53. The van der Waals surface area contributed by atoms with Gasteiger partial charge in [0.05, 0.1) is 6.61 Å². The Morgan fingerprint density at radius 3 is 2.38 bits per heavy atom. The Bertz CT molecular complexity index is 947. The number of fused-ring (bicyclic) bond motifs is 1. The first-order valence-corrected chi connectivity index (χ1v) is 9.49. The molecule has 0 spiro atoms. The molecule has 5 nitrogen and oxygen atoms in total. The fourth-order valence-corrected chi connectivity index (χ4v) is 3.92. The molecule has 1 amide bonds. The van der Waals surface area contributed by atoms with Crippen LogP contribution in [0.4, 0.5) is 18.9 Å². The van der Waals surface area contributed by atoms with Crippen LogP contribution in [0.3, 0.4) is 0 Å². The van der Waals surface area contributed by atoms with Crippen molar-refractivity contribution in [2.45, 2.75) is 30.5 Å². The van der Waals surface area contributed by atoms with Gasteiger partial charge in [0, 0.05) is 10.2 Å². The molecule has 2 N–H and O–H groups in total. The van der Waals surface area contributed by atoms with E-state index in [2.05, 4.69) is 26.0 Å². The zero-order valence-corrected chi connectivity index (χ0v) is 16.8. The molecule has 2 aromatic carbocycles. The van der Waals surface area contributed by atoms with E-state index in [1.807, 2.05) is 0 Å². The number of para-hydroxylation sites is 1. The Kier molecular flexibility index (Phi) is 5.48. The summed E-state index contributed by atoms with van der Waals surface area (Å²) < 4.78 is 48.1. The molecule has 3 rings (SSSR count). The molecular weight excluding hydrogens is 455 g/mol. The number of rotatable bonds is 5. The van der Waals surface area contributed by atoms with Crippen molar-refractivity contribution in [3.05, 3.63) is 64.1 Å². The highest BCUT2D eigenvalue weighted by molar-refractivity contribution is 9.10. The minimum atomic E-state index is -5.48. The van der Waals surface area contributed by atoms with Gasteiger partial charge in [0.1, 0.15) is 5.41 Å². The number of halogens is 4. The molecule has 0 saturated carbocycles. The summed E-state index contributed by atoms with van der Waals surface area (Å²) in [6, 6.07) is 11.9. The molecule has 0 unspecified atom stereocenters. The van der Waals surface area contributed by atoms with E-state index in [4.69, 9.17) is 0 Å². The smallest absolute Gasteiger partial charge is 0.429 e. The maximum absolute atomic E-state index is 14.3. The van der Waals surface area contributed by atoms with Gasteiger partial charge >= 0.3 is 12.1 Å². The van der Waals surface area contributed by atoms with Crippen molar-refractivity contribution < 1.29 is 32.6 Å². The standard InChI is InChI=1S/C20H17BrF3NO4/c1-2-29-17(27)19(28,20(22,23)24)18(11-12-7-9-13(21)10-8-12)14-5-3-4-6-15(14)25-16(18)26/h3-10,28H,2,11H2,1H3,(H,25,26)/t18-,19-/m0/s1. The Balaban J connectivity index is 2.32. The molecule has 154 valence electrons. The van der Waals surface area contributed by atoms with Crippen molar-refractivity contribution in [2.24, 2.45) is 0 Å². The van der Waals surface area contributed by atoms with Gasteiger partial charge in [-0.1, -0.05) is 46.3 Å². The molecule has 0 bridgehead atoms. The van der Waals surface area contributed by atoms with Crippen LogP contribution in [0, 0.1) is 0 Å². The molecule has 0 aliphatic carbocycles. The largest absolute Gasteiger partial charge is 0.464 e. The molecule has 0 radical (unpaired) electrons. The molecule has 1 aliphatic rings. The molecule has 2 atom stereocenters. The monoisotopic (exact) mass is 471 g/mol. The average molecular weight is 472 g/mol. The van der Waals surface area contributed by atoms with E-state index in [-0.39, 0.29) is 11.3 Å². The predicted molar refractivity (Wildman–Crippen MR) is 102 cm³/mol. The second kappa shape index (κ2) is 7.46. The topological polar surface area (TPSA) is 75.6 Å². The van der Waals surface area contributed by atoms with Crippen molar-refractivity contribution in [3.8, 4) is 0 Å². The first-order valence-electron chi connectivity index (χ1n) is 8.69. The van der Waals surface area contributed by atoms with Gasteiger partial charge < -0.3 is 15.2 Å². The normalized spacial score (nSPS) is 20.6. The van der Waals surface area contributed by atoms with Crippen molar-refractivity contribution in [3.63, 3.8) is 0 Å². The summed E-state index contributed by atoms with van der Waals surface area (Å²) in [5, 5.41) is 13.3. The predicted octanol–water partition coefficient (Wildman–Crippen LogP) is 3.74. The second-order valence-corrected chi connectivity index (χ2v) is 7.55. The van der Waals surface area contributed by atoms with Gasteiger partial charge in [0.25, 0.3) is 5.60 Å². The fraction of sp³-hybridized carbons (Fsp3) is 0.300. The number of ether oxygens (including phenoxy) is 1. The zero-order valence-electron chi connectivity index (χ0n) is 15.2. The number of carbonyl (C=O) groups excluding carboxylic acids is 2. The minimum absolute atomic E-state index is 0.0987. The number of anilines is 1. The molecule has 1 aliphatic heterocycles. The van der Waals surface area contributed by atoms with E-state index in [1.54, 1.807) is 12.1 Å². The number of aliphatic hydroxyl groups is 1. The van der Waals surface area contributed by atoms with Gasteiger partial charge in [0.2, 0.25) is 5.91 Å². The number of esters is 1. The Morgan fingerprint density at radius 2 is 1.79 bits per heavy atom. The zero-order chi connectivity index (χ0) is 21.4. The van der Waals surface area contributed by atoms with Crippen LogP contribution in [0.15, 0.2) is 53.0 Å².